The van der Waals surface area contributed by atoms with Crippen molar-refractivity contribution in [2.75, 3.05) is 39.5 Å². The molecular weight excluding hydrogens is 382 g/mol. The highest BCUT2D eigenvalue weighted by Gasteiger charge is 2.23. The van der Waals surface area contributed by atoms with Crippen LogP contribution in [0.15, 0.2) is 42.5 Å². The Morgan fingerprint density at radius 3 is 2.57 bits per heavy atom. The summed E-state index contributed by atoms with van der Waals surface area (Å²) in [5, 5.41) is 2.95. The highest BCUT2D eigenvalue weighted by molar-refractivity contribution is 5.80. The Morgan fingerprint density at radius 1 is 1.00 bits per heavy atom. The predicted octanol–water partition coefficient (Wildman–Crippen LogP) is 1.73. The minimum atomic E-state index is -0.0210. The van der Waals surface area contributed by atoms with Crippen molar-refractivity contribution in [2.24, 2.45) is 0 Å². The van der Waals surface area contributed by atoms with Crippen LogP contribution in [0, 0.1) is 6.92 Å². The van der Waals surface area contributed by atoms with Gasteiger partial charge in [0, 0.05) is 32.7 Å². The minimum Gasteiger partial charge on any atom is -0.454 e. The predicted molar refractivity (Wildman–Crippen MR) is 112 cm³/mol. The second-order valence-corrected chi connectivity index (χ2v) is 7.72. The lowest BCUT2D eigenvalue weighted by Gasteiger charge is -2.34. The molecule has 0 spiro atoms. The Balaban J connectivity index is 1.19. The molecule has 0 unspecified atom stereocenters. The van der Waals surface area contributed by atoms with Gasteiger partial charge in [-0.1, -0.05) is 30.3 Å². The number of nitrogens with zero attached hydrogens (tertiary/aromatic N) is 2. The van der Waals surface area contributed by atoms with Crippen LogP contribution in [0.3, 0.4) is 0 Å². The van der Waals surface area contributed by atoms with Crippen molar-refractivity contribution in [2.45, 2.75) is 19.9 Å². The van der Waals surface area contributed by atoms with Gasteiger partial charge in [-0.15, -0.1) is 0 Å². The van der Waals surface area contributed by atoms with Gasteiger partial charge in [-0.25, -0.2) is 0 Å². The molecule has 1 N–H and O–H groups in total. The number of amides is 2. The third kappa shape index (κ3) is 4.91. The molecule has 2 aliphatic rings. The van der Waals surface area contributed by atoms with Gasteiger partial charge in [0.15, 0.2) is 11.5 Å². The van der Waals surface area contributed by atoms with Crippen LogP contribution in [0.2, 0.25) is 0 Å². The highest BCUT2D eigenvalue weighted by Crippen LogP contribution is 2.32. The topological polar surface area (TPSA) is 71.1 Å². The second kappa shape index (κ2) is 9.17. The normalized spacial score (nSPS) is 15.8. The molecule has 0 aliphatic carbocycles. The Kier molecular flexibility index (Phi) is 6.18. The van der Waals surface area contributed by atoms with Gasteiger partial charge in [0.05, 0.1) is 13.0 Å². The fourth-order valence-electron chi connectivity index (χ4n) is 3.75. The van der Waals surface area contributed by atoms with Crippen LogP contribution in [0.1, 0.15) is 16.7 Å². The standard InChI is InChI=1S/C23H27N3O4/c1-17-4-2-3-5-19(17)13-23(28)26-10-8-25(9-11-26)15-22(27)24-14-18-6-7-20-21(12-18)30-16-29-20/h2-7,12H,8-11,13-16H2,1H3,(H,24,27). The molecule has 2 aliphatic heterocycles. The summed E-state index contributed by atoms with van der Waals surface area (Å²) >= 11 is 0. The molecule has 2 aromatic carbocycles. The number of benzene rings is 2. The Labute approximate surface area is 176 Å². The molecule has 30 heavy (non-hydrogen) atoms. The zero-order valence-electron chi connectivity index (χ0n) is 17.2. The number of piperazine rings is 1. The Bertz CT molecular complexity index is 922. The summed E-state index contributed by atoms with van der Waals surface area (Å²) in [7, 11) is 0. The molecule has 1 fully saturated rings. The zero-order valence-corrected chi connectivity index (χ0v) is 17.2. The average molecular weight is 409 g/mol. The molecule has 7 heteroatoms. The number of fused-ring (bicyclic) bond motifs is 1. The molecule has 2 amide bonds. The van der Waals surface area contributed by atoms with E-state index in [-0.39, 0.29) is 18.6 Å². The molecule has 7 nitrogen and oxygen atoms in total. The van der Waals surface area contributed by atoms with Crippen LogP contribution in [-0.2, 0) is 22.6 Å². The summed E-state index contributed by atoms with van der Waals surface area (Å²) in [4.78, 5) is 28.9. The van der Waals surface area contributed by atoms with Crippen LogP contribution < -0.4 is 14.8 Å². The third-order valence-electron chi connectivity index (χ3n) is 5.62. The lowest BCUT2D eigenvalue weighted by Crippen LogP contribution is -2.51. The lowest BCUT2D eigenvalue weighted by atomic mass is 10.1. The monoisotopic (exact) mass is 409 g/mol. The molecule has 0 saturated carbocycles. The van der Waals surface area contributed by atoms with Crippen molar-refractivity contribution in [3.8, 4) is 11.5 Å². The van der Waals surface area contributed by atoms with Crippen LogP contribution >= 0.6 is 0 Å². The summed E-state index contributed by atoms with van der Waals surface area (Å²) < 4.78 is 10.7. The van der Waals surface area contributed by atoms with E-state index in [9.17, 15) is 9.59 Å². The van der Waals surface area contributed by atoms with Gasteiger partial charge in [-0.05, 0) is 35.7 Å². The highest BCUT2D eigenvalue weighted by atomic mass is 16.7. The molecule has 158 valence electrons. The van der Waals surface area contributed by atoms with Gasteiger partial charge >= 0.3 is 0 Å². The summed E-state index contributed by atoms with van der Waals surface area (Å²) in [6.45, 7) is 5.77. The van der Waals surface area contributed by atoms with Crippen molar-refractivity contribution >= 4 is 11.8 Å². The molecular formula is C23H27N3O4. The maximum atomic E-state index is 12.6. The molecule has 0 bridgehead atoms. The number of carbonyl (C=O) groups is 2. The number of hydrogen-bond donors (Lipinski definition) is 1. The first-order valence-corrected chi connectivity index (χ1v) is 10.3. The fraction of sp³-hybridized carbons (Fsp3) is 0.391. The lowest BCUT2D eigenvalue weighted by molar-refractivity contribution is -0.132. The Hall–Kier alpha value is -3.06. The molecule has 0 radical (unpaired) electrons. The quantitative estimate of drug-likeness (QED) is 0.787. The van der Waals surface area contributed by atoms with Gasteiger partial charge in [-0.3, -0.25) is 14.5 Å². The number of rotatable bonds is 6. The van der Waals surface area contributed by atoms with Crippen molar-refractivity contribution in [1.82, 2.24) is 15.1 Å². The zero-order chi connectivity index (χ0) is 20.9. The van der Waals surface area contributed by atoms with E-state index in [1.165, 1.54) is 0 Å². The van der Waals surface area contributed by atoms with Crippen LogP contribution in [0.5, 0.6) is 11.5 Å². The van der Waals surface area contributed by atoms with Crippen molar-refractivity contribution in [3.05, 3.63) is 59.2 Å². The SMILES string of the molecule is Cc1ccccc1CC(=O)N1CCN(CC(=O)NCc2ccc3c(c2)OCO3)CC1. The van der Waals surface area contributed by atoms with E-state index in [0.717, 1.165) is 22.4 Å². The van der Waals surface area contributed by atoms with E-state index in [4.69, 9.17) is 9.47 Å². The van der Waals surface area contributed by atoms with Crippen molar-refractivity contribution < 1.29 is 19.1 Å². The molecule has 4 rings (SSSR count). The van der Waals surface area contributed by atoms with Crippen molar-refractivity contribution in [1.29, 1.82) is 0 Å². The van der Waals surface area contributed by atoms with Crippen LogP contribution in [-0.4, -0.2) is 61.1 Å². The largest absolute Gasteiger partial charge is 0.454 e. The first kappa shape index (κ1) is 20.2. The molecule has 2 heterocycles. The van der Waals surface area contributed by atoms with E-state index in [1.54, 1.807) is 0 Å². The first-order chi connectivity index (χ1) is 14.6. The number of hydrogen-bond acceptors (Lipinski definition) is 5. The van der Waals surface area contributed by atoms with Gasteiger partial charge in [0.25, 0.3) is 0 Å². The van der Waals surface area contributed by atoms with E-state index >= 15 is 0 Å². The minimum absolute atomic E-state index is 0.0210. The fourth-order valence-corrected chi connectivity index (χ4v) is 3.75. The van der Waals surface area contributed by atoms with Gasteiger partial charge < -0.3 is 19.7 Å². The average Bonchev–Trinajstić information content (AvgIpc) is 3.22. The molecule has 1 saturated heterocycles. The van der Waals surface area contributed by atoms with Gasteiger partial charge in [0.1, 0.15) is 0 Å². The maximum Gasteiger partial charge on any atom is 0.234 e. The number of ether oxygens (including phenoxy) is 2. The van der Waals surface area contributed by atoms with E-state index in [1.807, 2.05) is 54.3 Å². The number of carbonyl (C=O) groups excluding carboxylic acids is 2. The Morgan fingerprint density at radius 2 is 1.77 bits per heavy atom. The number of aryl methyl sites for hydroxylation is 1. The van der Waals surface area contributed by atoms with Crippen LogP contribution in [0.4, 0.5) is 0 Å². The first-order valence-electron chi connectivity index (χ1n) is 10.3. The summed E-state index contributed by atoms with van der Waals surface area (Å²) in [5.41, 5.74) is 3.19. The summed E-state index contributed by atoms with van der Waals surface area (Å²) in [6, 6.07) is 13.7. The maximum absolute atomic E-state index is 12.6. The smallest absolute Gasteiger partial charge is 0.234 e. The van der Waals surface area contributed by atoms with E-state index in [2.05, 4.69) is 10.2 Å². The molecule has 0 atom stereocenters. The second-order valence-electron chi connectivity index (χ2n) is 7.72. The van der Waals surface area contributed by atoms with E-state index in [0.29, 0.717) is 51.4 Å². The summed E-state index contributed by atoms with van der Waals surface area (Å²) in [6.07, 6.45) is 0.433. The van der Waals surface area contributed by atoms with Crippen LogP contribution in [0.25, 0.3) is 0 Å². The number of nitrogens with one attached hydrogen (secondary N) is 1. The van der Waals surface area contributed by atoms with Gasteiger partial charge in [-0.2, -0.15) is 0 Å². The molecule has 2 aromatic rings. The van der Waals surface area contributed by atoms with E-state index < -0.39 is 0 Å². The summed E-state index contributed by atoms with van der Waals surface area (Å²) in [5.74, 6) is 1.58. The van der Waals surface area contributed by atoms with Gasteiger partial charge in [0.2, 0.25) is 18.6 Å². The third-order valence-corrected chi connectivity index (χ3v) is 5.62. The van der Waals surface area contributed by atoms with Crippen molar-refractivity contribution in [3.63, 3.8) is 0 Å². The molecule has 0 aromatic heterocycles.